The summed E-state index contributed by atoms with van der Waals surface area (Å²) in [5.74, 6) is -0.934. The van der Waals surface area contributed by atoms with E-state index in [9.17, 15) is 23.3 Å². The molecule has 1 aliphatic heterocycles. The maximum absolute atomic E-state index is 11.5. The Kier molecular flexibility index (Phi) is 4.07. The molecule has 0 amide bonds. The van der Waals surface area contributed by atoms with Crippen molar-refractivity contribution in [2.24, 2.45) is 0 Å². The van der Waals surface area contributed by atoms with Crippen molar-refractivity contribution < 1.29 is 22.9 Å². The van der Waals surface area contributed by atoms with Gasteiger partial charge < -0.3 is 9.64 Å². The molecule has 2 rings (SSSR count). The summed E-state index contributed by atoms with van der Waals surface area (Å²) in [6, 6.07) is 2.37. The number of carbonyl (C=O) groups is 1. The normalized spacial score (nSPS) is 17.3. The third kappa shape index (κ3) is 3.27. The summed E-state index contributed by atoms with van der Waals surface area (Å²) in [6.07, 6.45) is 0. The topological polar surface area (TPSA) is 120 Å². The Bertz CT molecular complexity index is 673. The van der Waals surface area contributed by atoms with E-state index in [-0.39, 0.29) is 41.8 Å². The first-order valence-electron chi connectivity index (χ1n) is 6.03. The number of rotatable bonds is 3. The van der Waals surface area contributed by atoms with Gasteiger partial charge in [0.25, 0.3) is 0 Å². The first kappa shape index (κ1) is 15.2. The van der Waals surface area contributed by atoms with Crippen molar-refractivity contribution in [3.63, 3.8) is 0 Å². The summed E-state index contributed by atoms with van der Waals surface area (Å²) >= 11 is 0. The molecule has 0 bridgehead atoms. The molecule has 0 aliphatic carbocycles. The summed E-state index contributed by atoms with van der Waals surface area (Å²) in [7, 11) is -1.94. The van der Waals surface area contributed by atoms with Gasteiger partial charge in [0, 0.05) is 19.2 Å². The monoisotopic (exact) mass is 315 g/mol. The summed E-state index contributed by atoms with van der Waals surface area (Å²) in [6.45, 7) is 0.196. The second kappa shape index (κ2) is 5.64. The number of pyridine rings is 1. The van der Waals surface area contributed by atoms with Crippen LogP contribution in [0.2, 0.25) is 0 Å². The lowest BCUT2D eigenvalue weighted by atomic mass is 10.3. The zero-order chi connectivity index (χ0) is 15.6. The van der Waals surface area contributed by atoms with Crippen molar-refractivity contribution >= 4 is 27.3 Å². The molecule has 1 aromatic rings. The van der Waals surface area contributed by atoms with Gasteiger partial charge in [-0.15, -0.1) is 0 Å². The molecule has 1 fully saturated rings. The summed E-state index contributed by atoms with van der Waals surface area (Å²) in [4.78, 5) is 27.3. The smallest absolute Gasteiger partial charge is 0.356 e. The van der Waals surface area contributed by atoms with Gasteiger partial charge in [0.2, 0.25) is 5.82 Å². The number of ether oxygens (including phenoxy) is 1. The molecule has 1 aromatic heterocycles. The van der Waals surface area contributed by atoms with Crippen LogP contribution in [-0.4, -0.2) is 56.0 Å². The lowest BCUT2D eigenvalue weighted by Gasteiger charge is -2.27. The van der Waals surface area contributed by atoms with Crippen LogP contribution in [0.3, 0.4) is 0 Å². The van der Waals surface area contributed by atoms with Crippen molar-refractivity contribution in [3.8, 4) is 0 Å². The predicted molar refractivity (Wildman–Crippen MR) is 73.1 cm³/mol. The van der Waals surface area contributed by atoms with Gasteiger partial charge in [0.15, 0.2) is 15.5 Å². The number of sulfone groups is 1. The quantitative estimate of drug-likeness (QED) is 0.434. The fourth-order valence-corrected chi connectivity index (χ4v) is 3.16. The Morgan fingerprint density at radius 1 is 1.38 bits per heavy atom. The van der Waals surface area contributed by atoms with Gasteiger partial charge in [-0.1, -0.05) is 0 Å². The molecule has 1 saturated heterocycles. The van der Waals surface area contributed by atoms with Crippen LogP contribution in [0, 0.1) is 10.1 Å². The van der Waals surface area contributed by atoms with Crippen molar-refractivity contribution in [1.82, 2.24) is 4.98 Å². The van der Waals surface area contributed by atoms with E-state index < -0.39 is 20.7 Å². The highest BCUT2D eigenvalue weighted by Crippen LogP contribution is 2.27. The Morgan fingerprint density at radius 3 is 2.52 bits per heavy atom. The van der Waals surface area contributed by atoms with Gasteiger partial charge in [-0.3, -0.25) is 10.1 Å². The van der Waals surface area contributed by atoms with Crippen molar-refractivity contribution in [1.29, 1.82) is 0 Å². The fraction of sp³-hybridized carbons (Fsp3) is 0.455. The SMILES string of the molecule is COC(=O)c1ccc([N+](=O)[O-])c(N2CCS(=O)(=O)CC2)n1. The number of methoxy groups -OCH3 is 1. The number of esters is 1. The van der Waals surface area contributed by atoms with Gasteiger partial charge >= 0.3 is 11.7 Å². The van der Waals surface area contributed by atoms with Gasteiger partial charge in [-0.2, -0.15) is 0 Å². The standard InChI is InChI=1S/C11H13N3O6S/c1-20-11(15)8-2-3-9(14(16)17)10(12-8)13-4-6-21(18,19)7-5-13/h2-3H,4-7H2,1H3. The number of anilines is 1. The summed E-state index contributed by atoms with van der Waals surface area (Å²) in [5.41, 5.74) is -0.339. The minimum atomic E-state index is -3.12. The van der Waals surface area contributed by atoms with Crippen LogP contribution in [-0.2, 0) is 14.6 Å². The van der Waals surface area contributed by atoms with E-state index in [0.717, 1.165) is 6.07 Å². The maximum Gasteiger partial charge on any atom is 0.356 e. The van der Waals surface area contributed by atoms with Gasteiger partial charge in [-0.25, -0.2) is 18.2 Å². The second-order valence-electron chi connectivity index (χ2n) is 4.43. The molecular weight excluding hydrogens is 302 g/mol. The molecule has 0 saturated carbocycles. The van der Waals surface area contributed by atoms with Crippen LogP contribution in [0.5, 0.6) is 0 Å². The van der Waals surface area contributed by atoms with Crippen LogP contribution in [0.15, 0.2) is 12.1 Å². The number of aromatic nitrogens is 1. The Labute approximate surface area is 120 Å². The zero-order valence-electron chi connectivity index (χ0n) is 11.2. The van der Waals surface area contributed by atoms with E-state index >= 15 is 0 Å². The zero-order valence-corrected chi connectivity index (χ0v) is 12.0. The lowest BCUT2D eigenvalue weighted by molar-refractivity contribution is -0.384. The maximum atomic E-state index is 11.5. The van der Waals surface area contributed by atoms with Crippen LogP contribution >= 0.6 is 0 Å². The van der Waals surface area contributed by atoms with E-state index in [1.165, 1.54) is 18.1 Å². The van der Waals surface area contributed by atoms with Crippen LogP contribution in [0.25, 0.3) is 0 Å². The summed E-state index contributed by atoms with van der Waals surface area (Å²) < 4.78 is 27.4. The second-order valence-corrected chi connectivity index (χ2v) is 6.73. The molecule has 10 heteroatoms. The van der Waals surface area contributed by atoms with Crippen molar-refractivity contribution in [2.45, 2.75) is 0 Å². The van der Waals surface area contributed by atoms with Crippen molar-refractivity contribution in [2.75, 3.05) is 36.6 Å². The molecular formula is C11H13N3O6S. The molecule has 0 atom stereocenters. The Hall–Kier alpha value is -2.23. The van der Waals surface area contributed by atoms with E-state index in [2.05, 4.69) is 9.72 Å². The van der Waals surface area contributed by atoms with E-state index in [1.807, 2.05) is 0 Å². The third-order valence-corrected chi connectivity index (χ3v) is 4.70. The fourth-order valence-electron chi connectivity index (χ4n) is 1.96. The molecule has 0 unspecified atom stereocenters. The van der Waals surface area contributed by atoms with Gasteiger partial charge in [-0.05, 0) is 6.07 Å². The number of nitro groups is 1. The Morgan fingerprint density at radius 2 is 2.00 bits per heavy atom. The van der Waals surface area contributed by atoms with E-state index in [4.69, 9.17) is 0 Å². The first-order chi connectivity index (χ1) is 9.84. The molecule has 0 aromatic carbocycles. The van der Waals surface area contributed by atoms with E-state index in [0.29, 0.717) is 0 Å². The number of hydrogen-bond acceptors (Lipinski definition) is 8. The van der Waals surface area contributed by atoms with Crippen LogP contribution in [0.1, 0.15) is 10.5 Å². The number of hydrogen-bond donors (Lipinski definition) is 0. The molecule has 0 spiro atoms. The molecule has 0 radical (unpaired) electrons. The average molecular weight is 315 g/mol. The highest BCUT2D eigenvalue weighted by molar-refractivity contribution is 7.91. The third-order valence-electron chi connectivity index (χ3n) is 3.09. The molecule has 1 aliphatic rings. The average Bonchev–Trinajstić information content (AvgIpc) is 2.45. The molecule has 0 N–H and O–H groups in total. The lowest BCUT2D eigenvalue weighted by Crippen LogP contribution is -2.41. The number of nitrogens with zero attached hydrogens (tertiary/aromatic N) is 3. The van der Waals surface area contributed by atoms with Crippen molar-refractivity contribution in [3.05, 3.63) is 27.9 Å². The van der Waals surface area contributed by atoms with Gasteiger partial charge in [0.1, 0.15) is 0 Å². The predicted octanol–water partition coefficient (Wildman–Crippen LogP) is 0.0112. The summed E-state index contributed by atoms with van der Waals surface area (Å²) in [5, 5.41) is 11.0. The largest absolute Gasteiger partial charge is 0.464 e. The van der Waals surface area contributed by atoms with Gasteiger partial charge in [0.05, 0.1) is 23.5 Å². The van der Waals surface area contributed by atoms with E-state index in [1.54, 1.807) is 0 Å². The molecule has 21 heavy (non-hydrogen) atoms. The highest BCUT2D eigenvalue weighted by Gasteiger charge is 2.29. The minimum absolute atomic E-state index is 0.0159. The minimum Gasteiger partial charge on any atom is -0.464 e. The highest BCUT2D eigenvalue weighted by atomic mass is 32.2. The van der Waals surface area contributed by atoms with Crippen LogP contribution in [0.4, 0.5) is 11.5 Å². The molecule has 114 valence electrons. The Balaban J connectivity index is 2.40. The first-order valence-corrected chi connectivity index (χ1v) is 7.85. The van der Waals surface area contributed by atoms with Crippen LogP contribution < -0.4 is 4.90 Å². The number of carbonyl (C=O) groups excluding carboxylic acids is 1. The molecule has 9 nitrogen and oxygen atoms in total. The molecule has 2 heterocycles.